The number of rotatable bonds is 0. The van der Waals surface area contributed by atoms with Gasteiger partial charge in [-0.15, -0.1) is 0 Å². The highest BCUT2D eigenvalue weighted by atomic mass is 16.2. The summed E-state index contributed by atoms with van der Waals surface area (Å²) in [6.07, 6.45) is 5.57. The van der Waals surface area contributed by atoms with Gasteiger partial charge in [-0.3, -0.25) is 9.59 Å². The summed E-state index contributed by atoms with van der Waals surface area (Å²) in [5.41, 5.74) is 5.48. The average molecular weight is 302 g/mol. The normalized spacial score (nSPS) is 24.7. The number of carbonyl (C=O) groups is 2. The SMILES string of the molecule is O=C1c2ccccc2CC12Cc1ccc3c(c1C2=O)CCCC3. The number of benzene rings is 2. The van der Waals surface area contributed by atoms with Crippen molar-refractivity contribution in [2.45, 2.75) is 38.5 Å². The topological polar surface area (TPSA) is 34.1 Å². The first kappa shape index (κ1) is 13.2. The second kappa shape index (κ2) is 4.41. The third-order valence-electron chi connectivity index (χ3n) is 5.96. The first-order chi connectivity index (χ1) is 11.2. The standard InChI is InChI=1S/C21H18O2/c22-19-17-8-4-2-6-14(17)11-21(19)12-15-10-9-13-5-1-3-7-16(13)18(15)20(21)23/h2,4,6,8-10H,1,3,5,7,11-12H2. The lowest BCUT2D eigenvalue weighted by atomic mass is 9.79. The molecule has 2 heteroatoms. The summed E-state index contributed by atoms with van der Waals surface area (Å²) in [4.78, 5) is 26.4. The van der Waals surface area contributed by atoms with E-state index in [2.05, 4.69) is 12.1 Å². The molecule has 0 heterocycles. The Bertz CT molecular complexity index is 877. The Morgan fingerprint density at radius 3 is 2.35 bits per heavy atom. The van der Waals surface area contributed by atoms with Crippen LogP contribution in [0.5, 0.6) is 0 Å². The molecule has 114 valence electrons. The number of hydrogen-bond acceptors (Lipinski definition) is 2. The minimum absolute atomic E-state index is 0.0406. The van der Waals surface area contributed by atoms with Gasteiger partial charge in [0.2, 0.25) is 0 Å². The van der Waals surface area contributed by atoms with Gasteiger partial charge in [0.25, 0.3) is 0 Å². The maximum Gasteiger partial charge on any atom is 0.178 e. The van der Waals surface area contributed by atoms with Gasteiger partial charge >= 0.3 is 0 Å². The molecule has 0 bridgehead atoms. The van der Waals surface area contributed by atoms with Crippen LogP contribution < -0.4 is 0 Å². The van der Waals surface area contributed by atoms with Crippen molar-refractivity contribution in [3.63, 3.8) is 0 Å². The van der Waals surface area contributed by atoms with E-state index in [0.717, 1.165) is 41.5 Å². The second-order valence-corrected chi connectivity index (χ2v) is 7.20. The molecule has 0 amide bonds. The van der Waals surface area contributed by atoms with Crippen LogP contribution in [0.3, 0.4) is 0 Å². The van der Waals surface area contributed by atoms with Crippen molar-refractivity contribution >= 4 is 11.6 Å². The van der Waals surface area contributed by atoms with E-state index in [4.69, 9.17) is 0 Å². The summed E-state index contributed by atoms with van der Waals surface area (Å²) in [6.45, 7) is 0. The summed E-state index contributed by atoms with van der Waals surface area (Å²) in [7, 11) is 0. The van der Waals surface area contributed by atoms with Gasteiger partial charge in [0, 0.05) is 11.1 Å². The molecule has 5 rings (SSSR count). The minimum Gasteiger partial charge on any atom is -0.293 e. The van der Waals surface area contributed by atoms with Crippen LogP contribution in [0.25, 0.3) is 0 Å². The number of fused-ring (bicyclic) bond motifs is 4. The Morgan fingerprint density at radius 2 is 1.48 bits per heavy atom. The van der Waals surface area contributed by atoms with Crippen LogP contribution in [0.1, 0.15) is 55.8 Å². The third-order valence-corrected chi connectivity index (χ3v) is 5.96. The van der Waals surface area contributed by atoms with Gasteiger partial charge < -0.3 is 0 Å². The molecule has 2 nitrogen and oxygen atoms in total. The van der Waals surface area contributed by atoms with Crippen molar-refractivity contribution in [3.8, 4) is 0 Å². The summed E-state index contributed by atoms with van der Waals surface area (Å²) in [5, 5.41) is 0. The molecule has 0 radical (unpaired) electrons. The first-order valence-corrected chi connectivity index (χ1v) is 8.52. The minimum atomic E-state index is -0.849. The molecule has 2 aromatic rings. The third kappa shape index (κ3) is 1.59. The Morgan fingerprint density at radius 1 is 0.739 bits per heavy atom. The Hall–Kier alpha value is -2.22. The fourth-order valence-electron chi connectivity index (χ4n) is 4.84. The lowest BCUT2D eigenvalue weighted by Gasteiger charge is -2.20. The molecule has 0 saturated heterocycles. The van der Waals surface area contributed by atoms with Gasteiger partial charge in [-0.25, -0.2) is 0 Å². The van der Waals surface area contributed by atoms with Crippen molar-refractivity contribution in [1.29, 1.82) is 0 Å². The zero-order valence-electron chi connectivity index (χ0n) is 13.0. The van der Waals surface area contributed by atoms with Crippen LogP contribution in [0.2, 0.25) is 0 Å². The second-order valence-electron chi connectivity index (χ2n) is 7.20. The molecule has 0 aliphatic heterocycles. The summed E-state index contributed by atoms with van der Waals surface area (Å²) in [6, 6.07) is 12.0. The van der Waals surface area contributed by atoms with Gasteiger partial charge in [-0.2, -0.15) is 0 Å². The predicted octanol–water partition coefficient (Wildman–Crippen LogP) is 3.73. The highest BCUT2D eigenvalue weighted by Gasteiger charge is 2.55. The van der Waals surface area contributed by atoms with Crippen molar-refractivity contribution in [2.75, 3.05) is 0 Å². The van der Waals surface area contributed by atoms with Crippen LogP contribution in [0.4, 0.5) is 0 Å². The van der Waals surface area contributed by atoms with Gasteiger partial charge in [0.15, 0.2) is 11.6 Å². The maximum atomic E-state index is 13.4. The Labute approximate surface area is 135 Å². The molecular weight excluding hydrogens is 284 g/mol. The molecule has 0 saturated carbocycles. The van der Waals surface area contributed by atoms with Crippen molar-refractivity contribution in [1.82, 2.24) is 0 Å². The van der Waals surface area contributed by atoms with Crippen molar-refractivity contribution < 1.29 is 9.59 Å². The summed E-state index contributed by atoms with van der Waals surface area (Å²) in [5.74, 6) is 0.131. The summed E-state index contributed by atoms with van der Waals surface area (Å²) >= 11 is 0. The molecule has 2 aromatic carbocycles. The van der Waals surface area contributed by atoms with Crippen LogP contribution >= 0.6 is 0 Å². The Balaban J connectivity index is 1.67. The molecule has 0 fully saturated rings. The fourth-order valence-corrected chi connectivity index (χ4v) is 4.84. The quantitative estimate of drug-likeness (QED) is 0.695. The summed E-state index contributed by atoms with van der Waals surface area (Å²) < 4.78 is 0. The van der Waals surface area contributed by atoms with Crippen LogP contribution in [0, 0.1) is 5.41 Å². The molecule has 3 aliphatic rings. The monoisotopic (exact) mass is 302 g/mol. The van der Waals surface area contributed by atoms with Crippen molar-refractivity contribution in [2.24, 2.45) is 5.41 Å². The molecule has 1 unspecified atom stereocenters. The molecule has 0 N–H and O–H groups in total. The van der Waals surface area contributed by atoms with Gasteiger partial charge in [0.05, 0.1) is 0 Å². The molecular formula is C21H18O2. The van der Waals surface area contributed by atoms with Crippen LogP contribution in [-0.4, -0.2) is 11.6 Å². The highest BCUT2D eigenvalue weighted by Crippen LogP contribution is 2.48. The lowest BCUT2D eigenvalue weighted by Crippen LogP contribution is -2.35. The molecule has 1 spiro atoms. The van der Waals surface area contributed by atoms with Crippen molar-refractivity contribution in [3.05, 3.63) is 69.8 Å². The maximum absolute atomic E-state index is 13.4. The number of aryl methyl sites for hydroxylation is 1. The molecule has 1 atom stereocenters. The van der Waals surface area contributed by atoms with E-state index in [9.17, 15) is 9.59 Å². The number of ketones is 2. The van der Waals surface area contributed by atoms with Gasteiger partial charge in [-0.1, -0.05) is 36.4 Å². The first-order valence-electron chi connectivity index (χ1n) is 8.52. The van der Waals surface area contributed by atoms with Crippen LogP contribution in [-0.2, 0) is 25.7 Å². The van der Waals surface area contributed by atoms with E-state index >= 15 is 0 Å². The smallest absolute Gasteiger partial charge is 0.178 e. The lowest BCUT2D eigenvalue weighted by molar-refractivity contribution is 0.0705. The molecule has 0 aromatic heterocycles. The Kier molecular flexibility index (Phi) is 2.54. The zero-order valence-corrected chi connectivity index (χ0v) is 13.0. The van der Waals surface area contributed by atoms with E-state index in [0.29, 0.717) is 12.8 Å². The predicted molar refractivity (Wildman–Crippen MR) is 88.0 cm³/mol. The van der Waals surface area contributed by atoms with E-state index in [1.165, 1.54) is 17.5 Å². The van der Waals surface area contributed by atoms with E-state index < -0.39 is 5.41 Å². The van der Waals surface area contributed by atoms with Crippen LogP contribution in [0.15, 0.2) is 36.4 Å². The highest BCUT2D eigenvalue weighted by molar-refractivity contribution is 6.25. The molecule has 23 heavy (non-hydrogen) atoms. The zero-order chi connectivity index (χ0) is 15.6. The van der Waals surface area contributed by atoms with E-state index in [1.807, 2.05) is 24.3 Å². The number of carbonyl (C=O) groups excluding carboxylic acids is 2. The number of Topliss-reactive ketones (excluding diaryl/α,β-unsaturated/α-hetero) is 2. The largest absolute Gasteiger partial charge is 0.293 e. The van der Waals surface area contributed by atoms with Gasteiger partial charge in [0.1, 0.15) is 5.41 Å². The van der Waals surface area contributed by atoms with E-state index in [-0.39, 0.29) is 11.6 Å². The van der Waals surface area contributed by atoms with E-state index in [1.54, 1.807) is 0 Å². The average Bonchev–Trinajstić information content (AvgIpc) is 3.04. The molecule has 3 aliphatic carbocycles. The fraction of sp³-hybridized carbons (Fsp3) is 0.333. The van der Waals surface area contributed by atoms with Gasteiger partial charge in [-0.05, 0) is 60.8 Å². The number of hydrogen-bond donors (Lipinski definition) is 0.